The molecule has 7 heteroatoms. The molecule has 0 saturated carbocycles. The van der Waals surface area contributed by atoms with E-state index in [9.17, 15) is 18.8 Å². The average molecular weight is 417 g/mol. The number of anilines is 1. The number of imide groups is 1. The van der Waals surface area contributed by atoms with E-state index >= 15 is 0 Å². The van der Waals surface area contributed by atoms with Crippen LogP contribution >= 0.6 is 11.6 Å². The molecule has 1 saturated heterocycles. The Labute approximate surface area is 174 Å². The molecule has 0 aliphatic carbocycles. The molecular formula is C22H22ClFN2O3. The molecule has 2 aromatic carbocycles. The Bertz CT molecular complexity index is 959. The summed E-state index contributed by atoms with van der Waals surface area (Å²) in [4.78, 5) is 41.6. The molecule has 2 aromatic rings. The maximum atomic E-state index is 14.3. The normalized spacial score (nSPS) is 17.0. The Balaban J connectivity index is 2.02. The van der Waals surface area contributed by atoms with Gasteiger partial charge in [-0.3, -0.25) is 14.4 Å². The second-order valence-corrected chi connectivity index (χ2v) is 8.02. The molecule has 1 unspecified atom stereocenters. The van der Waals surface area contributed by atoms with Gasteiger partial charge in [0, 0.05) is 10.6 Å². The Morgan fingerprint density at radius 1 is 1.17 bits per heavy atom. The summed E-state index contributed by atoms with van der Waals surface area (Å²) < 4.78 is 14.3. The van der Waals surface area contributed by atoms with Gasteiger partial charge in [-0.1, -0.05) is 30.7 Å². The van der Waals surface area contributed by atoms with Crippen LogP contribution in [-0.2, 0) is 9.59 Å². The molecule has 1 aliphatic heterocycles. The fourth-order valence-electron chi connectivity index (χ4n) is 3.45. The van der Waals surface area contributed by atoms with E-state index in [1.807, 2.05) is 6.92 Å². The number of carbonyl (C=O) groups excluding carboxylic acids is 3. The lowest BCUT2D eigenvalue weighted by Gasteiger charge is -2.41. The van der Waals surface area contributed by atoms with Gasteiger partial charge in [-0.2, -0.15) is 0 Å². The standard InChI is InChI=1S/C22H22ClFN2O3/c1-4-22(2,3)26(20(28)16-7-5-6-8-17(16)24)18-13-19(27)25(21(18)29)15-11-9-14(23)10-12-15/h5-12,18H,4,13H2,1-3H3. The van der Waals surface area contributed by atoms with Gasteiger partial charge in [0.25, 0.3) is 11.8 Å². The van der Waals surface area contributed by atoms with E-state index in [0.717, 1.165) is 4.90 Å². The highest BCUT2D eigenvalue weighted by atomic mass is 35.5. The van der Waals surface area contributed by atoms with Crippen molar-refractivity contribution < 1.29 is 18.8 Å². The Morgan fingerprint density at radius 2 is 1.79 bits per heavy atom. The highest BCUT2D eigenvalue weighted by Gasteiger charge is 2.48. The molecule has 0 spiro atoms. The van der Waals surface area contributed by atoms with Crippen molar-refractivity contribution in [3.05, 3.63) is 64.9 Å². The first-order valence-electron chi connectivity index (χ1n) is 9.38. The highest BCUT2D eigenvalue weighted by molar-refractivity contribution is 6.31. The molecule has 1 heterocycles. The third-order valence-electron chi connectivity index (χ3n) is 5.36. The SMILES string of the molecule is CCC(C)(C)N(C(=O)c1ccccc1F)C1CC(=O)N(c2ccc(Cl)cc2)C1=O. The van der Waals surface area contributed by atoms with E-state index in [1.54, 1.807) is 44.2 Å². The number of rotatable bonds is 5. The van der Waals surface area contributed by atoms with E-state index in [2.05, 4.69) is 0 Å². The maximum absolute atomic E-state index is 14.3. The second kappa shape index (κ2) is 7.95. The quantitative estimate of drug-likeness (QED) is 0.677. The van der Waals surface area contributed by atoms with Crippen molar-refractivity contribution in [1.29, 1.82) is 0 Å². The van der Waals surface area contributed by atoms with Crippen LogP contribution in [0.5, 0.6) is 0 Å². The number of hydrogen-bond donors (Lipinski definition) is 0. The van der Waals surface area contributed by atoms with Crippen molar-refractivity contribution >= 4 is 35.0 Å². The third kappa shape index (κ3) is 3.90. The van der Waals surface area contributed by atoms with E-state index in [-0.39, 0.29) is 12.0 Å². The summed E-state index contributed by atoms with van der Waals surface area (Å²) in [7, 11) is 0. The topological polar surface area (TPSA) is 57.7 Å². The predicted molar refractivity (Wildman–Crippen MR) is 109 cm³/mol. The average Bonchev–Trinajstić information content (AvgIpc) is 2.96. The number of halogens is 2. The van der Waals surface area contributed by atoms with E-state index < -0.39 is 35.1 Å². The molecule has 3 rings (SSSR count). The number of nitrogens with zero attached hydrogens (tertiary/aromatic N) is 2. The Hall–Kier alpha value is -2.73. The minimum atomic E-state index is -1.01. The molecule has 0 N–H and O–H groups in total. The van der Waals surface area contributed by atoms with Crippen LogP contribution in [0.2, 0.25) is 5.02 Å². The molecule has 0 radical (unpaired) electrons. The second-order valence-electron chi connectivity index (χ2n) is 7.58. The van der Waals surface area contributed by atoms with Crippen molar-refractivity contribution in [3.8, 4) is 0 Å². The van der Waals surface area contributed by atoms with Crippen LogP contribution in [0.1, 0.15) is 44.0 Å². The van der Waals surface area contributed by atoms with Crippen LogP contribution in [0, 0.1) is 5.82 Å². The van der Waals surface area contributed by atoms with Crippen molar-refractivity contribution in [1.82, 2.24) is 4.90 Å². The van der Waals surface area contributed by atoms with Gasteiger partial charge in [-0.15, -0.1) is 0 Å². The van der Waals surface area contributed by atoms with Crippen molar-refractivity contribution in [2.75, 3.05) is 4.90 Å². The molecule has 5 nitrogen and oxygen atoms in total. The van der Waals surface area contributed by atoms with Gasteiger partial charge in [0.1, 0.15) is 11.9 Å². The molecule has 1 fully saturated rings. The van der Waals surface area contributed by atoms with Crippen LogP contribution in [0.15, 0.2) is 48.5 Å². The largest absolute Gasteiger partial charge is 0.321 e. The highest BCUT2D eigenvalue weighted by Crippen LogP contribution is 2.33. The summed E-state index contributed by atoms with van der Waals surface area (Å²) >= 11 is 5.90. The first-order valence-corrected chi connectivity index (χ1v) is 9.75. The van der Waals surface area contributed by atoms with Gasteiger partial charge in [-0.05, 0) is 56.7 Å². The first-order chi connectivity index (χ1) is 13.7. The minimum absolute atomic E-state index is 0.126. The molecule has 152 valence electrons. The zero-order chi connectivity index (χ0) is 21.3. The summed E-state index contributed by atoms with van der Waals surface area (Å²) in [5.41, 5.74) is -0.505. The molecule has 0 bridgehead atoms. The van der Waals surface area contributed by atoms with E-state index in [1.165, 1.54) is 23.1 Å². The number of benzene rings is 2. The van der Waals surface area contributed by atoms with E-state index in [0.29, 0.717) is 17.1 Å². The fraction of sp³-hybridized carbons (Fsp3) is 0.318. The minimum Gasteiger partial charge on any atom is -0.321 e. The summed E-state index contributed by atoms with van der Waals surface area (Å²) in [6, 6.07) is 11.0. The van der Waals surface area contributed by atoms with Crippen molar-refractivity contribution in [2.24, 2.45) is 0 Å². The Morgan fingerprint density at radius 3 is 2.38 bits per heavy atom. The smallest absolute Gasteiger partial charge is 0.257 e. The van der Waals surface area contributed by atoms with Crippen LogP contribution in [0.3, 0.4) is 0 Å². The van der Waals surface area contributed by atoms with Crippen LogP contribution < -0.4 is 4.90 Å². The van der Waals surface area contributed by atoms with Crippen molar-refractivity contribution in [2.45, 2.75) is 45.2 Å². The molecule has 3 amide bonds. The number of carbonyl (C=O) groups is 3. The summed E-state index contributed by atoms with van der Waals surface area (Å²) in [5, 5.41) is 0.480. The fourth-order valence-corrected chi connectivity index (χ4v) is 3.58. The van der Waals surface area contributed by atoms with E-state index in [4.69, 9.17) is 11.6 Å². The Kier molecular flexibility index (Phi) is 5.75. The lowest BCUT2D eigenvalue weighted by molar-refractivity contribution is -0.123. The van der Waals surface area contributed by atoms with Crippen LogP contribution in [-0.4, -0.2) is 34.2 Å². The maximum Gasteiger partial charge on any atom is 0.257 e. The third-order valence-corrected chi connectivity index (χ3v) is 5.61. The molecule has 1 aliphatic rings. The summed E-state index contributed by atoms with van der Waals surface area (Å²) in [5.74, 6) is -2.20. The number of amides is 3. The van der Waals surface area contributed by atoms with Crippen LogP contribution in [0.25, 0.3) is 0 Å². The van der Waals surface area contributed by atoms with Crippen molar-refractivity contribution in [3.63, 3.8) is 0 Å². The number of hydrogen-bond acceptors (Lipinski definition) is 3. The monoisotopic (exact) mass is 416 g/mol. The van der Waals surface area contributed by atoms with Crippen LogP contribution in [0.4, 0.5) is 10.1 Å². The van der Waals surface area contributed by atoms with Gasteiger partial charge in [0.05, 0.1) is 17.7 Å². The van der Waals surface area contributed by atoms with Gasteiger partial charge in [0.2, 0.25) is 5.91 Å². The molecule has 1 atom stereocenters. The van der Waals surface area contributed by atoms with Gasteiger partial charge in [-0.25, -0.2) is 9.29 Å². The lowest BCUT2D eigenvalue weighted by atomic mass is 9.94. The zero-order valence-electron chi connectivity index (χ0n) is 16.5. The molecular weight excluding hydrogens is 395 g/mol. The summed E-state index contributed by atoms with van der Waals surface area (Å²) in [6.07, 6.45) is 0.358. The molecule has 0 aromatic heterocycles. The van der Waals surface area contributed by atoms with Gasteiger partial charge >= 0.3 is 0 Å². The lowest BCUT2D eigenvalue weighted by Crippen LogP contribution is -2.55. The van der Waals surface area contributed by atoms with Gasteiger partial charge in [0.15, 0.2) is 0 Å². The first kappa shape index (κ1) is 21.0. The predicted octanol–water partition coefficient (Wildman–Crippen LogP) is 4.44. The molecule has 29 heavy (non-hydrogen) atoms. The summed E-state index contributed by atoms with van der Waals surface area (Å²) in [6.45, 7) is 5.47. The zero-order valence-corrected chi connectivity index (χ0v) is 17.2. The van der Waals surface area contributed by atoms with Gasteiger partial charge < -0.3 is 4.90 Å².